The molecule has 1 saturated heterocycles. The Labute approximate surface area is 94.9 Å². The van der Waals surface area contributed by atoms with Crippen molar-refractivity contribution in [2.45, 2.75) is 31.7 Å². The zero-order chi connectivity index (χ0) is 10.6. The van der Waals surface area contributed by atoms with Crippen LogP contribution < -0.4 is 5.32 Å². The van der Waals surface area contributed by atoms with Gasteiger partial charge in [0.2, 0.25) is 0 Å². The van der Waals surface area contributed by atoms with Crippen molar-refractivity contribution in [3.63, 3.8) is 0 Å². The van der Waals surface area contributed by atoms with Crippen LogP contribution in [0.25, 0.3) is 0 Å². The highest BCUT2D eigenvalue weighted by Gasteiger charge is 2.35. The number of hydrogen-bond acceptors (Lipinski definition) is 4. The number of nitrogens with one attached hydrogen (secondary N) is 1. The van der Waals surface area contributed by atoms with Crippen molar-refractivity contribution in [3.05, 3.63) is 16.6 Å². The number of thiazole rings is 1. The lowest BCUT2D eigenvalue weighted by molar-refractivity contribution is 0.0366. The van der Waals surface area contributed by atoms with Crippen LogP contribution in [0.5, 0.6) is 0 Å². The van der Waals surface area contributed by atoms with Gasteiger partial charge in [0.25, 0.3) is 0 Å². The average molecular weight is 226 g/mol. The lowest BCUT2D eigenvalue weighted by Gasteiger charge is -2.36. The molecule has 0 atom stereocenters. The molecule has 1 aromatic heterocycles. The van der Waals surface area contributed by atoms with Gasteiger partial charge in [-0.2, -0.15) is 0 Å². The van der Waals surface area contributed by atoms with Crippen molar-refractivity contribution in [2.75, 3.05) is 19.8 Å². The van der Waals surface area contributed by atoms with E-state index in [2.05, 4.69) is 22.6 Å². The van der Waals surface area contributed by atoms with Crippen molar-refractivity contribution in [2.24, 2.45) is 0 Å². The van der Waals surface area contributed by atoms with Crippen LogP contribution in [0.15, 0.2) is 11.6 Å². The Bertz CT molecular complexity index is 281. The molecule has 4 heteroatoms. The molecule has 3 nitrogen and oxygen atoms in total. The Hall–Kier alpha value is -0.450. The van der Waals surface area contributed by atoms with Crippen molar-refractivity contribution >= 4 is 11.3 Å². The molecule has 0 bridgehead atoms. The number of ether oxygens (including phenoxy) is 1. The summed E-state index contributed by atoms with van der Waals surface area (Å²) in [6.07, 6.45) is 5.14. The minimum absolute atomic E-state index is 0.0857. The highest BCUT2D eigenvalue weighted by atomic mass is 32.1. The van der Waals surface area contributed by atoms with Crippen LogP contribution in [0.3, 0.4) is 0 Å². The first kappa shape index (κ1) is 11.0. The van der Waals surface area contributed by atoms with E-state index in [0.717, 1.165) is 39.0 Å². The second-order valence-corrected chi connectivity index (χ2v) is 4.85. The van der Waals surface area contributed by atoms with Crippen LogP contribution >= 0.6 is 11.3 Å². The van der Waals surface area contributed by atoms with Crippen LogP contribution in [0.1, 0.15) is 31.2 Å². The quantitative estimate of drug-likeness (QED) is 0.854. The first-order chi connectivity index (χ1) is 7.37. The summed E-state index contributed by atoms with van der Waals surface area (Å²) in [6.45, 7) is 4.94. The largest absolute Gasteiger partial charge is 0.381 e. The van der Waals surface area contributed by atoms with Crippen LogP contribution in [0.2, 0.25) is 0 Å². The maximum Gasteiger partial charge on any atom is 0.113 e. The molecule has 84 valence electrons. The molecular formula is C11H18N2OS. The van der Waals surface area contributed by atoms with Crippen molar-refractivity contribution < 1.29 is 4.74 Å². The fourth-order valence-corrected chi connectivity index (χ4v) is 2.88. The fraction of sp³-hybridized carbons (Fsp3) is 0.727. The monoisotopic (exact) mass is 226 g/mol. The standard InChI is InChI=1S/C11H18N2OS/c1-2-5-13-11(3-7-14-8-4-11)10-12-6-9-15-10/h6,9,13H,2-5,7-8H2,1H3. The molecule has 2 heterocycles. The van der Waals surface area contributed by atoms with Crippen LogP contribution in [0, 0.1) is 0 Å². The fourth-order valence-electron chi connectivity index (χ4n) is 2.01. The molecule has 0 unspecified atom stereocenters. The number of nitrogens with zero attached hydrogens (tertiary/aromatic N) is 1. The maximum absolute atomic E-state index is 5.44. The molecule has 2 rings (SSSR count). The average Bonchev–Trinajstić information content (AvgIpc) is 2.82. The van der Waals surface area contributed by atoms with E-state index < -0.39 is 0 Å². The summed E-state index contributed by atoms with van der Waals surface area (Å²) in [7, 11) is 0. The number of rotatable bonds is 4. The van der Waals surface area contributed by atoms with Crippen LogP contribution in [-0.2, 0) is 10.3 Å². The maximum atomic E-state index is 5.44. The smallest absolute Gasteiger partial charge is 0.113 e. The Balaban J connectivity index is 2.14. The summed E-state index contributed by atoms with van der Waals surface area (Å²) >= 11 is 1.75. The lowest BCUT2D eigenvalue weighted by atomic mass is 9.90. The normalized spacial score (nSPS) is 20.3. The second kappa shape index (κ2) is 5.05. The van der Waals surface area contributed by atoms with Crippen molar-refractivity contribution in [1.29, 1.82) is 0 Å². The predicted octanol–water partition coefficient (Wildman–Crippen LogP) is 2.15. The molecule has 0 aromatic carbocycles. The third-order valence-corrected chi connectivity index (χ3v) is 3.88. The third-order valence-electron chi connectivity index (χ3n) is 2.90. The molecule has 1 aromatic rings. The Morgan fingerprint density at radius 1 is 1.53 bits per heavy atom. The second-order valence-electron chi connectivity index (χ2n) is 3.96. The third kappa shape index (κ3) is 2.38. The van der Waals surface area contributed by atoms with Gasteiger partial charge in [0.15, 0.2) is 0 Å². The molecule has 1 aliphatic heterocycles. The minimum Gasteiger partial charge on any atom is -0.381 e. The Morgan fingerprint density at radius 2 is 2.33 bits per heavy atom. The molecule has 15 heavy (non-hydrogen) atoms. The Kier molecular flexibility index (Phi) is 3.72. The first-order valence-electron chi connectivity index (χ1n) is 5.60. The van der Waals surface area contributed by atoms with Gasteiger partial charge < -0.3 is 10.1 Å². The molecule has 0 saturated carbocycles. The van der Waals surface area contributed by atoms with Gasteiger partial charge in [-0.1, -0.05) is 6.92 Å². The van der Waals surface area contributed by atoms with E-state index in [1.807, 2.05) is 6.20 Å². The van der Waals surface area contributed by atoms with Gasteiger partial charge in [-0.15, -0.1) is 11.3 Å². The van der Waals surface area contributed by atoms with Gasteiger partial charge in [0, 0.05) is 24.8 Å². The van der Waals surface area contributed by atoms with E-state index in [1.165, 1.54) is 5.01 Å². The summed E-state index contributed by atoms with van der Waals surface area (Å²) < 4.78 is 5.44. The Morgan fingerprint density at radius 3 is 2.93 bits per heavy atom. The summed E-state index contributed by atoms with van der Waals surface area (Å²) in [5.41, 5.74) is 0.0857. The van der Waals surface area contributed by atoms with Gasteiger partial charge >= 0.3 is 0 Å². The molecule has 0 spiro atoms. The van der Waals surface area contributed by atoms with Gasteiger partial charge in [0.05, 0.1) is 5.54 Å². The molecule has 0 aliphatic carbocycles. The summed E-state index contributed by atoms with van der Waals surface area (Å²) in [5.74, 6) is 0. The van der Waals surface area contributed by atoms with Gasteiger partial charge in [-0.05, 0) is 25.8 Å². The van der Waals surface area contributed by atoms with E-state index in [9.17, 15) is 0 Å². The summed E-state index contributed by atoms with van der Waals surface area (Å²) in [4.78, 5) is 4.47. The summed E-state index contributed by atoms with van der Waals surface area (Å²) in [6, 6.07) is 0. The van der Waals surface area contributed by atoms with Gasteiger partial charge in [-0.3, -0.25) is 0 Å². The summed E-state index contributed by atoms with van der Waals surface area (Å²) in [5, 5.41) is 6.93. The van der Waals surface area contributed by atoms with Crippen molar-refractivity contribution in [3.8, 4) is 0 Å². The highest BCUT2D eigenvalue weighted by Crippen LogP contribution is 2.33. The van der Waals surface area contributed by atoms with E-state index in [4.69, 9.17) is 4.74 Å². The molecule has 1 aliphatic rings. The molecular weight excluding hydrogens is 208 g/mol. The topological polar surface area (TPSA) is 34.2 Å². The van der Waals surface area contributed by atoms with E-state index in [-0.39, 0.29) is 5.54 Å². The minimum atomic E-state index is 0.0857. The molecule has 1 N–H and O–H groups in total. The molecule has 0 radical (unpaired) electrons. The van der Waals surface area contributed by atoms with E-state index in [1.54, 1.807) is 11.3 Å². The number of aromatic nitrogens is 1. The van der Waals surface area contributed by atoms with Gasteiger partial charge in [-0.25, -0.2) is 4.98 Å². The van der Waals surface area contributed by atoms with Crippen LogP contribution in [0.4, 0.5) is 0 Å². The molecule has 0 amide bonds. The highest BCUT2D eigenvalue weighted by molar-refractivity contribution is 7.09. The number of hydrogen-bond donors (Lipinski definition) is 1. The van der Waals surface area contributed by atoms with E-state index >= 15 is 0 Å². The molecule has 1 fully saturated rings. The van der Waals surface area contributed by atoms with E-state index in [0.29, 0.717) is 0 Å². The van der Waals surface area contributed by atoms with Gasteiger partial charge in [0.1, 0.15) is 5.01 Å². The zero-order valence-electron chi connectivity index (χ0n) is 9.16. The SMILES string of the molecule is CCCNC1(c2nccs2)CCOCC1. The van der Waals surface area contributed by atoms with Crippen LogP contribution in [-0.4, -0.2) is 24.7 Å². The lowest BCUT2D eigenvalue weighted by Crippen LogP contribution is -2.46. The van der Waals surface area contributed by atoms with Crippen molar-refractivity contribution in [1.82, 2.24) is 10.3 Å². The zero-order valence-corrected chi connectivity index (χ0v) is 9.98. The first-order valence-corrected chi connectivity index (χ1v) is 6.48. The predicted molar refractivity (Wildman–Crippen MR) is 62.1 cm³/mol.